The lowest BCUT2D eigenvalue weighted by Crippen LogP contribution is -2.43. The highest BCUT2D eigenvalue weighted by Gasteiger charge is 2.39. The summed E-state index contributed by atoms with van der Waals surface area (Å²) in [5, 5.41) is 12.8. The van der Waals surface area contributed by atoms with Gasteiger partial charge >= 0.3 is 5.97 Å². The van der Waals surface area contributed by atoms with Crippen molar-refractivity contribution in [1.29, 1.82) is 0 Å². The molecule has 0 radical (unpaired) electrons. The minimum atomic E-state index is -0.649. The largest absolute Gasteiger partial charge is 0.481 e. The Morgan fingerprint density at radius 1 is 1.21 bits per heavy atom. The molecule has 19 heavy (non-hydrogen) atoms. The summed E-state index contributed by atoms with van der Waals surface area (Å²) >= 11 is 0. The van der Waals surface area contributed by atoms with Crippen LogP contribution in [-0.2, 0) is 17.6 Å². The van der Waals surface area contributed by atoms with Crippen LogP contribution in [0, 0.1) is 5.41 Å². The molecule has 0 saturated carbocycles. The smallest absolute Gasteiger partial charge is 0.310 e. The van der Waals surface area contributed by atoms with Crippen LogP contribution >= 0.6 is 12.4 Å². The number of piperidine rings is 1. The number of nitrogens with one attached hydrogen (secondary N) is 1. The van der Waals surface area contributed by atoms with Crippen molar-refractivity contribution in [2.24, 2.45) is 5.41 Å². The van der Waals surface area contributed by atoms with E-state index in [1.54, 1.807) is 0 Å². The van der Waals surface area contributed by atoms with Gasteiger partial charge in [0.15, 0.2) is 0 Å². The molecule has 1 aromatic carbocycles. The van der Waals surface area contributed by atoms with E-state index in [1.807, 2.05) is 0 Å². The number of halogens is 1. The summed E-state index contributed by atoms with van der Waals surface area (Å²) in [5.74, 6) is -0.649. The van der Waals surface area contributed by atoms with Crippen LogP contribution in [0.15, 0.2) is 24.3 Å². The average Bonchev–Trinajstić information content (AvgIpc) is 2.40. The number of carbonyl (C=O) groups is 1. The molecular formula is C15H22ClNO2. The summed E-state index contributed by atoms with van der Waals surface area (Å²) in [6.07, 6.45) is 3.11. The molecule has 1 aliphatic heterocycles. The fraction of sp³-hybridized carbons (Fsp3) is 0.533. The number of rotatable bonds is 4. The minimum Gasteiger partial charge on any atom is -0.481 e. The Balaban J connectivity index is 0.00000180. The zero-order chi connectivity index (χ0) is 13.0. The van der Waals surface area contributed by atoms with Crippen LogP contribution in [-0.4, -0.2) is 24.2 Å². The Hall–Kier alpha value is -1.06. The Labute approximate surface area is 120 Å². The van der Waals surface area contributed by atoms with Crippen molar-refractivity contribution < 1.29 is 9.90 Å². The Morgan fingerprint density at radius 3 is 2.21 bits per heavy atom. The molecule has 2 rings (SSSR count). The van der Waals surface area contributed by atoms with Crippen LogP contribution in [0.3, 0.4) is 0 Å². The number of carboxylic acid groups (broad SMARTS) is 1. The highest BCUT2D eigenvalue weighted by Crippen LogP contribution is 2.33. The second-order valence-corrected chi connectivity index (χ2v) is 5.18. The molecular weight excluding hydrogens is 262 g/mol. The molecule has 0 spiro atoms. The molecule has 1 aromatic rings. The van der Waals surface area contributed by atoms with Crippen molar-refractivity contribution in [2.75, 3.05) is 13.1 Å². The first-order chi connectivity index (χ1) is 8.66. The van der Waals surface area contributed by atoms with Crippen LogP contribution < -0.4 is 5.32 Å². The molecule has 1 fully saturated rings. The van der Waals surface area contributed by atoms with E-state index in [0.29, 0.717) is 6.42 Å². The third kappa shape index (κ3) is 3.71. The first kappa shape index (κ1) is 16.0. The molecule has 0 bridgehead atoms. The Bertz CT molecular complexity index is 411. The van der Waals surface area contributed by atoms with E-state index >= 15 is 0 Å². The van der Waals surface area contributed by atoms with Gasteiger partial charge in [0.25, 0.3) is 0 Å². The Morgan fingerprint density at radius 2 is 1.74 bits per heavy atom. The lowest BCUT2D eigenvalue weighted by Gasteiger charge is -2.33. The van der Waals surface area contributed by atoms with E-state index in [0.717, 1.165) is 37.9 Å². The maximum atomic E-state index is 11.6. The summed E-state index contributed by atoms with van der Waals surface area (Å²) in [7, 11) is 0. The molecule has 1 aliphatic rings. The summed E-state index contributed by atoms with van der Waals surface area (Å²) in [6.45, 7) is 3.74. The monoisotopic (exact) mass is 283 g/mol. The van der Waals surface area contributed by atoms with Gasteiger partial charge in [0, 0.05) is 0 Å². The van der Waals surface area contributed by atoms with Crippen LogP contribution in [0.4, 0.5) is 0 Å². The van der Waals surface area contributed by atoms with E-state index in [1.165, 1.54) is 5.56 Å². The summed E-state index contributed by atoms with van der Waals surface area (Å²) in [5.41, 5.74) is 1.86. The van der Waals surface area contributed by atoms with Gasteiger partial charge in [0.1, 0.15) is 0 Å². The van der Waals surface area contributed by atoms with Crippen molar-refractivity contribution in [3.63, 3.8) is 0 Å². The van der Waals surface area contributed by atoms with Crippen LogP contribution in [0.5, 0.6) is 0 Å². The Kier molecular flexibility index (Phi) is 5.83. The van der Waals surface area contributed by atoms with Gasteiger partial charge in [-0.3, -0.25) is 4.79 Å². The predicted molar refractivity (Wildman–Crippen MR) is 78.9 cm³/mol. The van der Waals surface area contributed by atoms with E-state index < -0.39 is 11.4 Å². The maximum Gasteiger partial charge on any atom is 0.310 e. The molecule has 106 valence electrons. The fourth-order valence-electron chi connectivity index (χ4n) is 2.66. The molecule has 1 saturated heterocycles. The number of hydrogen-bond donors (Lipinski definition) is 2. The summed E-state index contributed by atoms with van der Waals surface area (Å²) < 4.78 is 0. The van der Waals surface area contributed by atoms with E-state index in [-0.39, 0.29) is 12.4 Å². The van der Waals surface area contributed by atoms with Crippen molar-refractivity contribution >= 4 is 18.4 Å². The van der Waals surface area contributed by atoms with Gasteiger partial charge < -0.3 is 10.4 Å². The fourth-order valence-corrected chi connectivity index (χ4v) is 2.66. The molecule has 2 N–H and O–H groups in total. The molecule has 4 heteroatoms. The van der Waals surface area contributed by atoms with Gasteiger partial charge in [-0.15, -0.1) is 12.4 Å². The maximum absolute atomic E-state index is 11.6. The summed E-state index contributed by atoms with van der Waals surface area (Å²) in [4.78, 5) is 11.6. The van der Waals surface area contributed by atoms with Crippen LogP contribution in [0.25, 0.3) is 0 Å². The molecule has 1 heterocycles. The molecule has 0 atom stereocenters. The molecule has 0 unspecified atom stereocenters. The average molecular weight is 284 g/mol. The highest BCUT2D eigenvalue weighted by molar-refractivity contribution is 5.85. The quantitative estimate of drug-likeness (QED) is 0.893. The number of hydrogen-bond acceptors (Lipinski definition) is 2. The van der Waals surface area contributed by atoms with Gasteiger partial charge in [-0.1, -0.05) is 31.2 Å². The number of benzene rings is 1. The van der Waals surface area contributed by atoms with Crippen molar-refractivity contribution in [3.8, 4) is 0 Å². The van der Waals surface area contributed by atoms with Crippen LogP contribution in [0.2, 0.25) is 0 Å². The summed E-state index contributed by atoms with van der Waals surface area (Å²) in [6, 6.07) is 8.36. The van der Waals surface area contributed by atoms with Gasteiger partial charge in [-0.2, -0.15) is 0 Å². The van der Waals surface area contributed by atoms with E-state index in [2.05, 4.69) is 36.5 Å². The zero-order valence-electron chi connectivity index (χ0n) is 11.3. The number of carboxylic acids is 1. The van der Waals surface area contributed by atoms with Crippen molar-refractivity contribution in [2.45, 2.75) is 32.6 Å². The topological polar surface area (TPSA) is 49.3 Å². The van der Waals surface area contributed by atoms with Crippen molar-refractivity contribution in [1.82, 2.24) is 5.32 Å². The van der Waals surface area contributed by atoms with Gasteiger partial charge in [-0.25, -0.2) is 0 Å². The molecule has 0 aliphatic carbocycles. The number of aryl methyl sites for hydroxylation is 1. The number of aliphatic carboxylic acids is 1. The third-order valence-electron chi connectivity index (χ3n) is 3.99. The highest BCUT2D eigenvalue weighted by atomic mass is 35.5. The van der Waals surface area contributed by atoms with E-state index in [9.17, 15) is 9.90 Å². The predicted octanol–water partition coefficient (Wildman–Crippen LogP) is 2.67. The lowest BCUT2D eigenvalue weighted by molar-refractivity contribution is -0.150. The normalized spacial score (nSPS) is 17.5. The third-order valence-corrected chi connectivity index (χ3v) is 3.99. The van der Waals surface area contributed by atoms with E-state index in [4.69, 9.17) is 0 Å². The lowest BCUT2D eigenvalue weighted by atomic mass is 9.74. The minimum absolute atomic E-state index is 0. The SMILES string of the molecule is CCc1ccc(CC2(C(=O)O)CCNCC2)cc1.Cl. The van der Waals surface area contributed by atoms with Crippen LogP contribution in [0.1, 0.15) is 30.9 Å². The first-order valence-electron chi connectivity index (χ1n) is 6.68. The second-order valence-electron chi connectivity index (χ2n) is 5.18. The van der Waals surface area contributed by atoms with Gasteiger partial charge in [0.05, 0.1) is 5.41 Å². The molecule has 0 aromatic heterocycles. The second kappa shape index (κ2) is 6.92. The molecule has 0 amide bonds. The first-order valence-corrected chi connectivity index (χ1v) is 6.68. The zero-order valence-corrected chi connectivity index (χ0v) is 12.1. The van der Waals surface area contributed by atoms with Crippen molar-refractivity contribution in [3.05, 3.63) is 35.4 Å². The van der Waals surface area contributed by atoms with Gasteiger partial charge in [0.2, 0.25) is 0 Å². The standard InChI is InChI=1S/C15H21NO2.ClH/c1-2-12-3-5-13(6-4-12)11-15(14(17)18)7-9-16-10-8-15;/h3-6,16H,2,7-11H2,1H3,(H,17,18);1H. The van der Waals surface area contributed by atoms with Gasteiger partial charge in [-0.05, 0) is 49.9 Å². The molecule has 3 nitrogen and oxygen atoms in total.